The molecule has 0 atom stereocenters. The first kappa shape index (κ1) is 12.1. The quantitative estimate of drug-likeness (QED) is 0.739. The monoisotopic (exact) mass is 220 g/mol. The molecule has 16 heavy (non-hydrogen) atoms. The second-order valence-corrected chi connectivity index (χ2v) is 3.70. The third kappa shape index (κ3) is 2.34. The number of hydrogen-bond donors (Lipinski definition) is 1. The molecule has 0 aliphatic heterocycles. The number of carbonyl (C=O) groups excluding carboxylic acids is 1. The van der Waals surface area contributed by atoms with Crippen LogP contribution in [0.15, 0.2) is 0 Å². The van der Waals surface area contributed by atoms with Gasteiger partial charge >= 0.3 is 0 Å². The average molecular weight is 220 g/mol. The van der Waals surface area contributed by atoms with E-state index in [-0.39, 0.29) is 12.5 Å². The molecule has 0 saturated carbocycles. The molecule has 1 aromatic rings. The molecule has 0 fully saturated rings. The highest BCUT2D eigenvalue weighted by molar-refractivity contribution is 5.76. The van der Waals surface area contributed by atoms with Gasteiger partial charge in [-0.25, -0.2) is 0 Å². The van der Waals surface area contributed by atoms with Gasteiger partial charge in [0.25, 0.3) is 0 Å². The number of anilines is 1. The van der Waals surface area contributed by atoms with Gasteiger partial charge in [0.15, 0.2) is 0 Å². The number of amides is 1. The highest BCUT2D eigenvalue weighted by atomic mass is 16.2. The second kappa shape index (κ2) is 4.71. The first-order valence-corrected chi connectivity index (χ1v) is 4.94. The minimum absolute atomic E-state index is 0.0800. The fourth-order valence-electron chi connectivity index (χ4n) is 1.34. The van der Waals surface area contributed by atoms with Crippen LogP contribution in [0.5, 0.6) is 0 Å². The largest absolute Gasteiger partial charge is 0.396 e. The summed E-state index contributed by atoms with van der Waals surface area (Å²) in [5.41, 5.74) is 7.95. The predicted octanol–water partition coefficient (Wildman–Crippen LogP) is 0.174. The minimum atomic E-state index is -0.0800. The normalized spacial score (nSPS) is 9.88. The van der Waals surface area contributed by atoms with E-state index in [1.165, 1.54) is 4.90 Å². The maximum Gasteiger partial charge on any atom is 0.244 e. The van der Waals surface area contributed by atoms with Crippen molar-refractivity contribution in [3.8, 4) is 12.3 Å². The molecule has 5 nitrogen and oxygen atoms in total. The molecule has 0 aromatic carbocycles. The van der Waals surface area contributed by atoms with Gasteiger partial charge in [0.1, 0.15) is 6.54 Å². The Bertz CT molecular complexity index is 442. The Balaban J connectivity index is 2.78. The Hall–Kier alpha value is -1.96. The lowest BCUT2D eigenvalue weighted by Gasteiger charge is -2.14. The van der Waals surface area contributed by atoms with Crippen molar-refractivity contribution in [3.63, 3.8) is 0 Å². The summed E-state index contributed by atoms with van der Waals surface area (Å²) in [6.45, 7) is 4.12. The van der Waals surface area contributed by atoms with Crippen molar-refractivity contribution < 1.29 is 4.79 Å². The van der Waals surface area contributed by atoms with Crippen LogP contribution in [0.2, 0.25) is 0 Å². The van der Waals surface area contributed by atoms with E-state index in [1.54, 1.807) is 11.7 Å². The first-order chi connectivity index (χ1) is 7.47. The standard InChI is InChI=1S/C11H16N4O/c1-5-6-14(4)10(16)7-15-9(3)11(12)8(2)13-15/h1H,6-7,12H2,2-4H3. The van der Waals surface area contributed by atoms with Gasteiger partial charge in [0, 0.05) is 7.05 Å². The summed E-state index contributed by atoms with van der Waals surface area (Å²) in [6.07, 6.45) is 5.13. The maximum atomic E-state index is 11.7. The van der Waals surface area contributed by atoms with Gasteiger partial charge in [-0.2, -0.15) is 5.10 Å². The SMILES string of the molecule is C#CCN(C)C(=O)Cn1nc(C)c(N)c1C. The zero-order valence-corrected chi connectivity index (χ0v) is 9.82. The number of nitrogens with two attached hydrogens (primary N) is 1. The molecule has 1 rings (SSSR count). The lowest BCUT2D eigenvalue weighted by molar-refractivity contribution is -0.130. The van der Waals surface area contributed by atoms with Crippen LogP contribution in [-0.2, 0) is 11.3 Å². The van der Waals surface area contributed by atoms with E-state index < -0.39 is 0 Å². The van der Waals surface area contributed by atoms with E-state index in [4.69, 9.17) is 12.2 Å². The van der Waals surface area contributed by atoms with Gasteiger partial charge in [-0.15, -0.1) is 6.42 Å². The summed E-state index contributed by atoms with van der Waals surface area (Å²) >= 11 is 0. The molecule has 1 heterocycles. The van der Waals surface area contributed by atoms with Crippen molar-refractivity contribution in [3.05, 3.63) is 11.4 Å². The Morgan fingerprint density at radius 1 is 1.62 bits per heavy atom. The van der Waals surface area contributed by atoms with E-state index in [1.807, 2.05) is 13.8 Å². The van der Waals surface area contributed by atoms with Crippen molar-refractivity contribution in [1.29, 1.82) is 0 Å². The molecular weight excluding hydrogens is 204 g/mol. The van der Waals surface area contributed by atoms with Crippen molar-refractivity contribution >= 4 is 11.6 Å². The average Bonchev–Trinajstić information content (AvgIpc) is 2.47. The summed E-state index contributed by atoms with van der Waals surface area (Å²) in [5, 5.41) is 4.18. The van der Waals surface area contributed by atoms with Crippen molar-refractivity contribution in [2.45, 2.75) is 20.4 Å². The van der Waals surface area contributed by atoms with Crippen LogP contribution in [0.4, 0.5) is 5.69 Å². The molecule has 0 aliphatic carbocycles. The van der Waals surface area contributed by atoms with E-state index in [0.29, 0.717) is 12.2 Å². The molecular formula is C11H16N4O. The molecule has 0 spiro atoms. The second-order valence-electron chi connectivity index (χ2n) is 3.70. The molecule has 0 saturated heterocycles. The summed E-state index contributed by atoms with van der Waals surface area (Å²) in [4.78, 5) is 13.2. The fraction of sp³-hybridized carbons (Fsp3) is 0.455. The van der Waals surface area contributed by atoms with Crippen LogP contribution in [0.1, 0.15) is 11.4 Å². The molecule has 0 aliphatic rings. The number of aryl methyl sites for hydroxylation is 1. The van der Waals surface area contributed by atoms with E-state index in [0.717, 1.165) is 11.4 Å². The number of carbonyl (C=O) groups is 1. The zero-order chi connectivity index (χ0) is 12.3. The molecule has 86 valence electrons. The van der Waals surface area contributed by atoms with Gasteiger partial charge in [0.05, 0.1) is 23.6 Å². The van der Waals surface area contributed by atoms with Crippen LogP contribution in [0, 0.1) is 26.2 Å². The summed E-state index contributed by atoms with van der Waals surface area (Å²) in [7, 11) is 1.66. The van der Waals surface area contributed by atoms with Gasteiger partial charge in [-0.05, 0) is 13.8 Å². The molecule has 1 aromatic heterocycles. The van der Waals surface area contributed by atoms with Crippen LogP contribution in [-0.4, -0.2) is 34.2 Å². The lowest BCUT2D eigenvalue weighted by Crippen LogP contribution is -2.31. The van der Waals surface area contributed by atoms with Gasteiger partial charge in [-0.1, -0.05) is 5.92 Å². The van der Waals surface area contributed by atoms with E-state index in [2.05, 4.69) is 11.0 Å². The van der Waals surface area contributed by atoms with Crippen LogP contribution < -0.4 is 5.73 Å². The van der Waals surface area contributed by atoms with Crippen LogP contribution in [0.3, 0.4) is 0 Å². The summed E-state index contributed by atoms with van der Waals surface area (Å²) in [5.74, 6) is 2.34. The Labute approximate surface area is 95.2 Å². The predicted molar refractivity (Wildman–Crippen MR) is 62.6 cm³/mol. The lowest BCUT2D eigenvalue weighted by atomic mass is 10.3. The van der Waals surface area contributed by atoms with Crippen molar-refractivity contribution in [1.82, 2.24) is 14.7 Å². The number of aromatic nitrogens is 2. The number of rotatable bonds is 3. The number of nitrogen functional groups attached to an aromatic ring is 1. The first-order valence-electron chi connectivity index (χ1n) is 4.94. The number of likely N-dealkylation sites (N-methyl/N-ethyl adjacent to an activating group) is 1. The number of terminal acetylenes is 1. The van der Waals surface area contributed by atoms with E-state index >= 15 is 0 Å². The maximum absolute atomic E-state index is 11.7. The Morgan fingerprint density at radius 3 is 2.69 bits per heavy atom. The number of nitrogens with zero attached hydrogens (tertiary/aromatic N) is 3. The van der Waals surface area contributed by atoms with Gasteiger partial charge in [0.2, 0.25) is 5.91 Å². The van der Waals surface area contributed by atoms with Crippen LogP contribution in [0.25, 0.3) is 0 Å². The molecule has 0 bridgehead atoms. The van der Waals surface area contributed by atoms with Crippen molar-refractivity contribution in [2.24, 2.45) is 0 Å². The molecule has 5 heteroatoms. The molecule has 2 N–H and O–H groups in total. The third-order valence-electron chi connectivity index (χ3n) is 2.48. The zero-order valence-electron chi connectivity index (χ0n) is 9.82. The van der Waals surface area contributed by atoms with Crippen molar-refractivity contribution in [2.75, 3.05) is 19.3 Å². The molecule has 0 radical (unpaired) electrons. The summed E-state index contributed by atoms with van der Waals surface area (Å²) < 4.78 is 1.60. The topological polar surface area (TPSA) is 64.2 Å². The minimum Gasteiger partial charge on any atom is -0.396 e. The highest BCUT2D eigenvalue weighted by Gasteiger charge is 2.13. The number of hydrogen-bond acceptors (Lipinski definition) is 3. The third-order valence-corrected chi connectivity index (χ3v) is 2.48. The Kier molecular flexibility index (Phi) is 3.56. The van der Waals surface area contributed by atoms with Gasteiger partial charge in [-0.3, -0.25) is 9.48 Å². The highest BCUT2D eigenvalue weighted by Crippen LogP contribution is 2.14. The fourth-order valence-corrected chi connectivity index (χ4v) is 1.34. The van der Waals surface area contributed by atoms with E-state index in [9.17, 15) is 4.79 Å². The van der Waals surface area contributed by atoms with Gasteiger partial charge < -0.3 is 10.6 Å². The van der Waals surface area contributed by atoms with Crippen LogP contribution >= 0.6 is 0 Å². The molecule has 0 unspecified atom stereocenters. The summed E-state index contributed by atoms with van der Waals surface area (Å²) in [6, 6.07) is 0. The Morgan fingerprint density at radius 2 is 2.25 bits per heavy atom. The smallest absolute Gasteiger partial charge is 0.244 e. The molecule has 1 amide bonds.